The maximum atomic E-state index is 12.3. The maximum Gasteiger partial charge on any atom is 0.221 e. The monoisotopic (exact) mass is 392 g/mol. The Morgan fingerprint density at radius 1 is 1.07 bits per heavy atom. The number of hydrogen-bond donors (Lipinski definition) is 2. The van der Waals surface area contributed by atoms with Crippen molar-refractivity contribution in [2.75, 3.05) is 20.8 Å². The van der Waals surface area contributed by atoms with Crippen molar-refractivity contribution >= 4 is 18.3 Å². The Kier molecular flexibility index (Phi) is 8.60. The van der Waals surface area contributed by atoms with E-state index in [1.54, 1.807) is 14.2 Å². The molecule has 0 aliphatic carbocycles. The SMILES string of the molecule is COc1ccc(C(C)(C)CNC(=O)CC(N)c2ccccc2)cc1OC.Cl. The highest BCUT2D eigenvalue weighted by Crippen LogP contribution is 2.32. The summed E-state index contributed by atoms with van der Waals surface area (Å²) in [5.41, 5.74) is 7.89. The van der Waals surface area contributed by atoms with Crippen molar-refractivity contribution in [1.29, 1.82) is 0 Å². The molecule has 0 fully saturated rings. The van der Waals surface area contributed by atoms with Gasteiger partial charge in [-0.1, -0.05) is 50.2 Å². The van der Waals surface area contributed by atoms with Gasteiger partial charge in [-0.2, -0.15) is 0 Å². The van der Waals surface area contributed by atoms with E-state index in [0.717, 1.165) is 11.1 Å². The van der Waals surface area contributed by atoms with Crippen LogP contribution in [0.15, 0.2) is 48.5 Å². The lowest BCUT2D eigenvalue weighted by molar-refractivity contribution is -0.121. The first-order valence-corrected chi connectivity index (χ1v) is 8.67. The summed E-state index contributed by atoms with van der Waals surface area (Å²) in [6.45, 7) is 4.65. The van der Waals surface area contributed by atoms with Gasteiger partial charge < -0.3 is 20.5 Å². The number of hydrogen-bond acceptors (Lipinski definition) is 4. The molecular weight excluding hydrogens is 364 g/mol. The fraction of sp³-hybridized carbons (Fsp3) is 0.381. The summed E-state index contributed by atoms with van der Waals surface area (Å²) in [7, 11) is 3.22. The number of ether oxygens (including phenoxy) is 2. The molecule has 148 valence electrons. The zero-order valence-corrected chi connectivity index (χ0v) is 17.1. The number of benzene rings is 2. The largest absolute Gasteiger partial charge is 0.493 e. The highest BCUT2D eigenvalue weighted by atomic mass is 35.5. The van der Waals surface area contributed by atoms with Gasteiger partial charge in [-0.15, -0.1) is 12.4 Å². The molecule has 0 saturated carbocycles. The van der Waals surface area contributed by atoms with Gasteiger partial charge in [0.2, 0.25) is 5.91 Å². The molecule has 0 radical (unpaired) electrons. The number of amides is 1. The van der Waals surface area contributed by atoms with Gasteiger partial charge in [-0.3, -0.25) is 4.79 Å². The fourth-order valence-electron chi connectivity index (χ4n) is 2.77. The Morgan fingerprint density at radius 2 is 1.70 bits per heavy atom. The van der Waals surface area contributed by atoms with E-state index in [4.69, 9.17) is 15.2 Å². The van der Waals surface area contributed by atoms with Crippen LogP contribution in [0.1, 0.15) is 37.4 Å². The third kappa shape index (κ3) is 6.15. The van der Waals surface area contributed by atoms with Crippen LogP contribution in [0.25, 0.3) is 0 Å². The molecule has 0 heterocycles. The van der Waals surface area contributed by atoms with Gasteiger partial charge in [0, 0.05) is 24.4 Å². The summed E-state index contributed by atoms with van der Waals surface area (Å²) in [5.74, 6) is 1.30. The Morgan fingerprint density at radius 3 is 2.30 bits per heavy atom. The fourth-order valence-corrected chi connectivity index (χ4v) is 2.77. The van der Waals surface area contributed by atoms with Crippen molar-refractivity contribution in [3.63, 3.8) is 0 Å². The van der Waals surface area contributed by atoms with Crippen LogP contribution >= 0.6 is 12.4 Å². The third-order valence-electron chi connectivity index (χ3n) is 4.53. The summed E-state index contributed by atoms with van der Waals surface area (Å²) in [6.07, 6.45) is 0.256. The molecule has 0 bridgehead atoms. The second kappa shape index (κ2) is 10.2. The molecule has 0 aromatic heterocycles. The minimum atomic E-state index is -0.305. The smallest absolute Gasteiger partial charge is 0.221 e. The van der Waals surface area contributed by atoms with E-state index in [0.29, 0.717) is 18.0 Å². The van der Waals surface area contributed by atoms with Crippen molar-refractivity contribution < 1.29 is 14.3 Å². The van der Waals surface area contributed by atoms with Gasteiger partial charge in [0.25, 0.3) is 0 Å². The van der Waals surface area contributed by atoms with Crippen LogP contribution in [0.4, 0.5) is 0 Å². The normalized spacial score (nSPS) is 11.9. The van der Waals surface area contributed by atoms with E-state index in [-0.39, 0.29) is 36.2 Å². The molecule has 1 unspecified atom stereocenters. The van der Waals surface area contributed by atoms with Crippen LogP contribution in [0.3, 0.4) is 0 Å². The maximum absolute atomic E-state index is 12.3. The Hall–Kier alpha value is -2.24. The minimum absolute atomic E-state index is 0. The van der Waals surface area contributed by atoms with Crippen LogP contribution in [0.2, 0.25) is 0 Å². The zero-order valence-electron chi connectivity index (χ0n) is 16.3. The Bertz CT molecular complexity index is 735. The van der Waals surface area contributed by atoms with Crippen molar-refractivity contribution in [3.05, 3.63) is 59.7 Å². The summed E-state index contributed by atoms with van der Waals surface area (Å²) < 4.78 is 10.6. The molecule has 3 N–H and O–H groups in total. The second-order valence-electron chi connectivity index (χ2n) is 6.95. The molecule has 2 aromatic carbocycles. The lowest BCUT2D eigenvalue weighted by atomic mass is 9.84. The predicted octanol–water partition coefficient (Wildman–Crippen LogP) is 3.61. The number of rotatable bonds is 8. The van der Waals surface area contributed by atoms with Crippen LogP contribution in [0, 0.1) is 0 Å². The average Bonchev–Trinajstić information content (AvgIpc) is 2.66. The number of nitrogens with one attached hydrogen (secondary N) is 1. The van der Waals surface area contributed by atoms with Gasteiger partial charge in [-0.05, 0) is 23.3 Å². The Balaban J connectivity index is 0.00000364. The molecule has 1 amide bonds. The first kappa shape index (κ1) is 22.8. The van der Waals surface area contributed by atoms with Crippen LogP contribution < -0.4 is 20.5 Å². The van der Waals surface area contributed by atoms with E-state index in [2.05, 4.69) is 19.2 Å². The standard InChI is InChI=1S/C21H28N2O3.ClH/c1-21(2,16-10-11-18(25-3)19(12-16)26-4)14-23-20(24)13-17(22)15-8-6-5-7-9-15;/h5-12,17H,13-14,22H2,1-4H3,(H,23,24);1H. The summed E-state index contributed by atoms with van der Waals surface area (Å²) in [5, 5.41) is 3.00. The van der Waals surface area contributed by atoms with Crippen molar-refractivity contribution in [3.8, 4) is 11.5 Å². The molecule has 2 aromatic rings. The number of nitrogens with two attached hydrogens (primary N) is 1. The third-order valence-corrected chi connectivity index (χ3v) is 4.53. The lowest BCUT2D eigenvalue weighted by Crippen LogP contribution is -2.37. The van der Waals surface area contributed by atoms with Crippen LogP contribution in [-0.4, -0.2) is 26.7 Å². The summed E-state index contributed by atoms with van der Waals surface area (Å²) in [4.78, 5) is 12.3. The number of carbonyl (C=O) groups is 1. The van der Waals surface area contributed by atoms with E-state index < -0.39 is 0 Å². The molecule has 0 saturated heterocycles. The van der Waals surface area contributed by atoms with E-state index in [1.807, 2.05) is 48.5 Å². The molecule has 0 aliphatic heterocycles. The molecule has 0 aliphatic rings. The summed E-state index contributed by atoms with van der Waals surface area (Å²) >= 11 is 0. The average molecular weight is 393 g/mol. The lowest BCUT2D eigenvalue weighted by Gasteiger charge is -2.27. The second-order valence-corrected chi connectivity index (χ2v) is 6.95. The molecule has 2 rings (SSSR count). The summed E-state index contributed by atoms with van der Waals surface area (Å²) in [6, 6.07) is 15.2. The van der Waals surface area contributed by atoms with Gasteiger partial charge >= 0.3 is 0 Å². The zero-order chi connectivity index (χ0) is 19.2. The predicted molar refractivity (Wildman–Crippen MR) is 111 cm³/mol. The topological polar surface area (TPSA) is 73.6 Å². The van der Waals surface area contributed by atoms with E-state index in [1.165, 1.54) is 0 Å². The quantitative estimate of drug-likeness (QED) is 0.719. The minimum Gasteiger partial charge on any atom is -0.493 e. The van der Waals surface area contributed by atoms with E-state index in [9.17, 15) is 4.79 Å². The van der Waals surface area contributed by atoms with Crippen molar-refractivity contribution in [2.45, 2.75) is 31.7 Å². The van der Waals surface area contributed by atoms with E-state index >= 15 is 0 Å². The van der Waals surface area contributed by atoms with Crippen molar-refractivity contribution in [2.24, 2.45) is 5.73 Å². The Labute approximate surface area is 167 Å². The van der Waals surface area contributed by atoms with Gasteiger partial charge in [-0.25, -0.2) is 0 Å². The van der Waals surface area contributed by atoms with Crippen LogP contribution in [-0.2, 0) is 10.2 Å². The number of methoxy groups -OCH3 is 2. The highest BCUT2D eigenvalue weighted by molar-refractivity contribution is 5.85. The molecule has 0 spiro atoms. The number of halogens is 1. The number of carbonyl (C=O) groups excluding carboxylic acids is 1. The van der Waals surface area contributed by atoms with Gasteiger partial charge in [0.15, 0.2) is 11.5 Å². The van der Waals surface area contributed by atoms with Gasteiger partial charge in [0.1, 0.15) is 0 Å². The van der Waals surface area contributed by atoms with Gasteiger partial charge in [0.05, 0.1) is 14.2 Å². The molecule has 1 atom stereocenters. The molecule has 5 nitrogen and oxygen atoms in total. The first-order chi connectivity index (χ1) is 12.4. The first-order valence-electron chi connectivity index (χ1n) is 8.67. The molecule has 6 heteroatoms. The highest BCUT2D eigenvalue weighted by Gasteiger charge is 2.23. The van der Waals surface area contributed by atoms with Crippen LogP contribution in [0.5, 0.6) is 11.5 Å². The molecule has 27 heavy (non-hydrogen) atoms. The molecular formula is C21H29ClN2O3. The van der Waals surface area contributed by atoms with Crippen molar-refractivity contribution in [1.82, 2.24) is 5.32 Å².